The van der Waals surface area contributed by atoms with Crippen LogP contribution in [0.1, 0.15) is 37.7 Å². The first-order valence-electron chi connectivity index (χ1n) is 8.38. The molecule has 2 heterocycles. The quantitative estimate of drug-likeness (QED) is 0.888. The standard InChI is InChI=1S/C18H23N3O3/c1-12(22)19-13-6-5-9-21(11-13)18(24)15-10-17(23)20(2)16-8-4-3-7-14(15)16/h3-4,7-8,13,15H,5-6,9-11H2,1-2H3,(H,19,22)/t13-,15+/m1/s1. The Morgan fingerprint density at radius 3 is 2.75 bits per heavy atom. The van der Waals surface area contributed by atoms with E-state index < -0.39 is 5.92 Å². The Morgan fingerprint density at radius 2 is 2.00 bits per heavy atom. The Bertz CT molecular complexity index is 673. The lowest BCUT2D eigenvalue weighted by atomic mass is 9.87. The van der Waals surface area contributed by atoms with Gasteiger partial charge in [0.1, 0.15) is 0 Å². The summed E-state index contributed by atoms with van der Waals surface area (Å²) < 4.78 is 0. The number of carbonyl (C=O) groups excluding carboxylic acids is 3. The molecule has 1 fully saturated rings. The summed E-state index contributed by atoms with van der Waals surface area (Å²) >= 11 is 0. The lowest BCUT2D eigenvalue weighted by molar-refractivity contribution is -0.137. The Hall–Kier alpha value is -2.37. The van der Waals surface area contributed by atoms with Crippen molar-refractivity contribution < 1.29 is 14.4 Å². The fourth-order valence-electron chi connectivity index (χ4n) is 3.67. The van der Waals surface area contributed by atoms with Gasteiger partial charge in [-0.05, 0) is 24.5 Å². The Balaban J connectivity index is 1.81. The van der Waals surface area contributed by atoms with Gasteiger partial charge in [-0.15, -0.1) is 0 Å². The number of carbonyl (C=O) groups is 3. The van der Waals surface area contributed by atoms with Gasteiger partial charge in [0.2, 0.25) is 17.7 Å². The highest BCUT2D eigenvalue weighted by Crippen LogP contribution is 2.36. The van der Waals surface area contributed by atoms with Gasteiger partial charge in [-0.2, -0.15) is 0 Å². The molecule has 0 radical (unpaired) electrons. The van der Waals surface area contributed by atoms with Gasteiger partial charge in [0.15, 0.2) is 0 Å². The SMILES string of the molecule is CC(=O)N[C@@H]1CCCN(C(=O)[C@H]2CC(=O)N(C)c3ccccc32)C1. The minimum atomic E-state index is -0.430. The predicted molar refractivity (Wildman–Crippen MR) is 90.6 cm³/mol. The van der Waals surface area contributed by atoms with Gasteiger partial charge >= 0.3 is 0 Å². The van der Waals surface area contributed by atoms with Crippen molar-refractivity contribution in [2.75, 3.05) is 25.0 Å². The first-order valence-corrected chi connectivity index (χ1v) is 8.38. The second kappa shape index (κ2) is 6.63. The molecule has 128 valence electrons. The molecule has 0 saturated carbocycles. The molecule has 0 aliphatic carbocycles. The Morgan fingerprint density at radius 1 is 1.25 bits per heavy atom. The molecule has 0 spiro atoms. The normalized spacial score (nSPS) is 23.7. The van der Waals surface area contributed by atoms with Crippen LogP contribution in [0.25, 0.3) is 0 Å². The van der Waals surface area contributed by atoms with Crippen LogP contribution < -0.4 is 10.2 Å². The van der Waals surface area contributed by atoms with Gasteiger partial charge in [0, 0.05) is 45.2 Å². The van der Waals surface area contributed by atoms with Crippen LogP contribution >= 0.6 is 0 Å². The summed E-state index contributed by atoms with van der Waals surface area (Å²) in [5.74, 6) is -0.559. The highest BCUT2D eigenvalue weighted by Gasteiger charge is 2.37. The molecule has 1 N–H and O–H groups in total. The molecule has 1 aromatic rings. The lowest BCUT2D eigenvalue weighted by Crippen LogP contribution is -2.51. The first kappa shape index (κ1) is 16.5. The molecule has 24 heavy (non-hydrogen) atoms. The van der Waals surface area contributed by atoms with Crippen molar-refractivity contribution in [3.63, 3.8) is 0 Å². The first-order chi connectivity index (χ1) is 11.5. The molecule has 3 amide bonds. The zero-order valence-electron chi connectivity index (χ0n) is 14.1. The Labute approximate surface area is 141 Å². The van der Waals surface area contributed by atoms with Gasteiger partial charge in [-0.25, -0.2) is 0 Å². The number of hydrogen-bond acceptors (Lipinski definition) is 3. The van der Waals surface area contributed by atoms with Crippen molar-refractivity contribution in [1.29, 1.82) is 0 Å². The third kappa shape index (κ3) is 3.13. The number of piperidine rings is 1. The topological polar surface area (TPSA) is 69.7 Å². The predicted octanol–water partition coefficient (Wildman–Crippen LogP) is 1.26. The largest absolute Gasteiger partial charge is 0.352 e. The summed E-state index contributed by atoms with van der Waals surface area (Å²) in [7, 11) is 1.75. The van der Waals surface area contributed by atoms with Crippen LogP contribution in [0.5, 0.6) is 0 Å². The maximum Gasteiger partial charge on any atom is 0.230 e. The fraction of sp³-hybridized carbons (Fsp3) is 0.500. The maximum atomic E-state index is 13.0. The van der Waals surface area contributed by atoms with Crippen LogP contribution in [0.15, 0.2) is 24.3 Å². The number of hydrogen-bond donors (Lipinski definition) is 1. The molecule has 0 unspecified atom stereocenters. The fourth-order valence-corrected chi connectivity index (χ4v) is 3.67. The van der Waals surface area contributed by atoms with Crippen LogP contribution in [0.4, 0.5) is 5.69 Å². The summed E-state index contributed by atoms with van der Waals surface area (Å²) in [4.78, 5) is 40.0. The van der Waals surface area contributed by atoms with E-state index in [-0.39, 0.29) is 30.2 Å². The van der Waals surface area contributed by atoms with Gasteiger partial charge in [-0.1, -0.05) is 18.2 Å². The number of amides is 3. The summed E-state index contributed by atoms with van der Waals surface area (Å²) in [5, 5.41) is 2.90. The number of anilines is 1. The van der Waals surface area contributed by atoms with E-state index in [0.717, 1.165) is 24.1 Å². The van der Waals surface area contributed by atoms with Gasteiger partial charge in [-0.3, -0.25) is 14.4 Å². The van der Waals surface area contributed by atoms with Gasteiger partial charge in [0.25, 0.3) is 0 Å². The van der Waals surface area contributed by atoms with Crippen LogP contribution in [0.3, 0.4) is 0 Å². The number of nitrogens with zero attached hydrogens (tertiary/aromatic N) is 2. The van der Waals surface area contributed by atoms with E-state index in [2.05, 4.69) is 5.32 Å². The van der Waals surface area contributed by atoms with E-state index in [9.17, 15) is 14.4 Å². The van der Waals surface area contributed by atoms with Crippen molar-refractivity contribution in [1.82, 2.24) is 10.2 Å². The van der Waals surface area contributed by atoms with E-state index in [4.69, 9.17) is 0 Å². The highest BCUT2D eigenvalue weighted by atomic mass is 16.2. The molecule has 0 bridgehead atoms. The number of para-hydroxylation sites is 1. The Kier molecular flexibility index (Phi) is 4.55. The van der Waals surface area contributed by atoms with E-state index in [1.165, 1.54) is 6.92 Å². The summed E-state index contributed by atoms with van der Waals surface area (Å²) in [6.45, 7) is 2.69. The zero-order chi connectivity index (χ0) is 17.3. The average molecular weight is 329 g/mol. The molecular formula is C18H23N3O3. The van der Waals surface area contributed by atoms with Crippen LogP contribution in [0.2, 0.25) is 0 Å². The van der Waals surface area contributed by atoms with Crippen molar-refractivity contribution in [2.45, 2.75) is 38.1 Å². The van der Waals surface area contributed by atoms with E-state index in [0.29, 0.717) is 13.1 Å². The molecule has 2 aliphatic heterocycles. The number of likely N-dealkylation sites (tertiary alicyclic amines) is 1. The molecule has 6 nitrogen and oxygen atoms in total. The monoisotopic (exact) mass is 329 g/mol. The summed E-state index contributed by atoms with van der Waals surface area (Å²) in [6, 6.07) is 7.58. The van der Waals surface area contributed by atoms with Crippen LogP contribution in [0, 0.1) is 0 Å². The van der Waals surface area contributed by atoms with Crippen molar-refractivity contribution in [3.05, 3.63) is 29.8 Å². The maximum absolute atomic E-state index is 13.0. The second-order valence-electron chi connectivity index (χ2n) is 6.59. The molecule has 3 rings (SSSR count). The molecule has 1 saturated heterocycles. The number of nitrogens with one attached hydrogen (secondary N) is 1. The van der Waals surface area contributed by atoms with Crippen LogP contribution in [-0.4, -0.2) is 48.8 Å². The second-order valence-corrected chi connectivity index (χ2v) is 6.59. The molecule has 1 aromatic carbocycles. The summed E-state index contributed by atoms with van der Waals surface area (Å²) in [5.41, 5.74) is 1.72. The van der Waals surface area contributed by atoms with Gasteiger partial charge < -0.3 is 15.1 Å². The molecular weight excluding hydrogens is 306 g/mol. The van der Waals surface area contributed by atoms with E-state index in [1.807, 2.05) is 24.3 Å². The van der Waals surface area contributed by atoms with Crippen molar-refractivity contribution in [2.24, 2.45) is 0 Å². The minimum absolute atomic E-state index is 0.00240. The number of rotatable bonds is 2. The molecule has 0 aromatic heterocycles. The van der Waals surface area contributed by atoms with Crippen molar-refractivity contribution in [3.8, 4) is 0 Å². The zero-order valence-corrected chi connectivity index (χ0v) is 14.1. The molecule has 2 atom stereocenters. The third-order valence-corrected chi connectivity index (χ3v) is 4.86. The van der Waals surface area contributed by atoms with Gasteiger partial charge in [0.05, 0.1) is 5.92 Å². The van der Waals surface area contributed by atoms with E-state index >= 15 is 0 Å². The summed E-state index contributed by atoms with van der Waals surface area (Å²) in [6.07, 6.45) is 1.94. The number of benzene rings is 1. The smallest absolute Gasteiger partial charge is 0.230 e. The minimum Gasteiger partial charge on any atom is -0.352 e. The average Bonchev–Trinajstić information content (AvgIpc) is 2.57. The molecule has 2 aliphatic rings. The van der Waals surface area contributed by atoms with Crippen LogP contribution in [-0.2, 0) is 14.4 Å². The molecule has 6 heteroatoms. The van der Waals surface area contributed by atoms with Crippen molar-refractivity contribution >= 4 is 23.4 Å². The number of fused-ring (bicyclic) bond motifs is 1. The highest BCUT2D eigenvalue weighted by molar-refractivity contribution is 6.02. The third-order valence-electron chi connectivity index (χ3n) is 4.86. The lowest BCUT2D eigenvalue weighted by Gasteiger charge is -2.37. The van der Waals surface area contributed by atoms with E-state index in [1.54, 1.807) is 16.8 Å².